The first-order chi connectivity index (χ1) is 11.5. The van der Waals surface area contributed by atoms with Crippen molar-refractivity contribution >= 4 is 5.91 Å². The Bertz CT molecular complexity index is 697. The third-order valence-electron chi connectivity index (χ3n) is 4.10. The van der Waals surface area contributed by atoms with Gasteiger partial charge in [-0.05, 0) is 49.1 Å². The molecule has 2 aromatic carbocycles. The van der Waals surface area contributed by atoms with Gasteiger partial charge in [0.05, 0.1) is 13.2 Å². The number of nitrogens with one attached hydrogen (secondary N) is 1. The summed E-state index contributed by atoms with van der Waals surface area (Å²) in [4.78, 5) is 12.2. The van der Waals surface area contributed by atoms with Crippen molar-refractivity contribution in [1.82, 2.24) is 5.32 Å². The van der Waals surface area contributed by atoms with Gasteiger partial charge in [0.25, 0.3) is 5.91 Å². The topological polar surface area (TPSA) is 47.6 Å². The molecular formula is C20H25NO3. The van der Waals surface area contributed by atoms with E-state index in [1.807, 2.05) is 12.1 Å². The molecule has 1 N–H and O–H groups in total. The lowest BCUT2D eigenvalue weighted by Gasteiger charge is -2.19. The smallest absolute Gasteiger partial charge is 0.258 e. The second-order valence-corrected chi connectivity index (χ2v) is 5.81. The van der Waals surface area contributed by atoms with Crippen molar-refractivity contribution in [3.63, 3.8) is 0 Å². The molecule has 0 aliphatic rings. The Morgan fingerprint density at radius 3 is 2.42 bits per heavy atom. The van der Waals surface area contributed by atoms with Crippen LogP contribution in [0.25, 0.3) is 0 Å². The number of hydrogen-bond donors (Lipinski definition) is 1. The predicted molar refractivity (Wildman–Crippen MR) is 95.6 cm³/mol. The normalized spacial score (nSPS) is 11.7. The van der Waals surface area contributed by atoms with Gasteiger partial charge >= 0.3 is 0 Å². The summed E-state index contributed by atoms with van der Waals surface area (Å²) >= 11 is 0. The van der Waals surface area contributed by atoms with E-state index in [-0.39, 0.29) is 18.6 Å². The standard InChI is InChI=1S/C20H25NO3/c1-5-17(16-11-10-14(2)15(3)12-16)21-20(22)13-24-19-9-7-6-8-18(19)23-4/h6-12,17H,5,13H2,1-4H3,(H,21,22)/t17-/m0/s1. The van der Waals surface area contributed by atoms with Crippen molar-refractivity contribution < 1.29 is 14.3 Å². The monoisotopic (exact) mass is 327 g/mol. The predicted octanol–water partition coefficient (Wildman–Crippen LogP) is 3.96. The molecular weight excluding hydrogens is 302 g/mol. The van der Waals surface area contributed by atoms with Crippen molar-refractivity contribution in [2.45, 2.75) is 33.2 Å². The number of benzene rings is 2. The third-order valence-corrected chi connectivity index (χ3v) is 4.10. The van der Waals surface area contributed by atoms with E-state index in [0.29, 0.717) is 11.5 Å². The second kappa shape index (κ2) is 8.39. The number of carbonyl (C=O) groups excluding carboxylic acids is 1. The number of aryl methyl sites for hydroxylation is 2. The maximum atomic E-state index is 12.2. The highest BCUT2D eigenvalue weighted by Gasteiger charge is 2.14. The van der Waals surface area contributed by atoms with Gasteiger partial charge in [-0.25, -0.2) is 0 Å². The molecule has 0 bridgehead atoms. The Balaban J connectivity index is 1.98. The summed E-state index contributed by atoms with van der Waals surface area (Å²) in [6.07, 6.45) is 0.822. The lowest BCUT2D eigenvalue weighted by Crippen LogP contribution is -2.32. The van der Waals surface area contributed by atoms with E-state index in [1.54, 1.807) is 19.2 Å². The molecule has 0 unspecified atom stereocenters. The molecule has 0 aliphatic carbocycles. The zero-order valence-electron chi connectivity index (χ0n) is 14.8. The molecule has 0 aromatic heterocycles. The summed E-state index contributed by atoms with van der Waals surface area (Å²) in [5, 5.41) is 3.03. The summed E-state index contributed by atoms with van der Waals surface area (Å²) < 4.78 is 10.8. The largest absolute Gasteiger partial charge is 0.493 e. The summed E-state index contributed by atoms with van der Waals surface area (Å²) in [7, 11) is 1.58. The van der Waals surface area contributed by atoms with Crippen molar-refractivity contribution in [3.8, 4) is 11.5 Å². The molecule has 0 radical (unpaired) electrons. The SMILES string of the molecule is CC[C@H](NC(=O)COc1ccccc1OC)c1ccc(C)c(C)c1. The number of hydrogen-bond acceptors (Lipinski definition) is 3. The van der Waals surface area contributed by atoms with Crippen LogP contribution in [0, 0.1) is 13.8 Å². The van der Waals surface area contributed by atoms with E-state index < -0.39 is 0 Å². The summed E-state index contributed by atoms with van der Waals surface area (Å²) in [5.74, 6) is 1.03. The van der Waals surface area contributed by atoms with Gasteiger partial charge in [0.1, 0.15) is 0 Å². The van der Waals surface area contributed by atoms with Crippen molar-refractivity contribution in [2.75, 3.05) is 13.7 Å². The first kappa shape index (κ1) is 17.9. The molecule has 0 saturated carbocycles. The number of methoxy groups -OCH3 is 1. The van der Waals surface area contributed by atoms with E-state index in [4.69, 9.17) is 9.47 Å². The van der Waals surface area contributed by atoms with Crippen LogP contribution in [-0.4, -0.2) is 19.6 Å². The summed E-state index contributed by atoms with van der Waals surface area (Å²) in [6.45, 7) is 6.18. The molecule has 0 spiro atoms. The van der Waals surface area contributed by atoms with Gasteiger partial charge in [-0.15, -0.1) is 0 Å². The molecule has 0 heterocycles. The molecule has 24 heavy (non-hydrogen) atoms. The molecule has 128 valence electrons. The molecule has 2 aromatic rings. The Morgan fingerprint density at radius 1 is 1.08 bits per heavy atom. The minimum absolute atomic E-state index is 0.0157. The second-order valence-electron chi connectivity index (χ2n) is 5.81. The molecule has 4 nitrogen and oxygen atoms in total. The van der Waals surface area contributed by atoms with E-state index in [9.17, 15) is 4.79 Å². The number of rotatable bonds is 7. The quantitative estimate of drug-likeness (QED) is 0.837. The van der Waals surface area contributed by atoms with Crippen LogP contribution >= 0.6 is 0 Å². The van der Waals surface area contributed by atoms with Gasteiger partial charge in [0.2, 0.25) is 0 Å². The van der Waals surface area contributed by atoms with Crippen LogP contribution in [0.5, 0.6) is 11.5 Å². The van der Waals surface area contributed by atoms with Gasteiger partial charge in [-0.3, -0.25) is 4.79 Å². The Hall–Kier alpha value is -2.49. The van der Waals surface area contributed by atoms with Crippen LogP contribution in [0.15, 0.2) is 42.5 Å². The summed E-state index contributed by atoms with van der Waals surface area (Å²) in [6, 6.07) is 13.6. The van der Waals surface area contributed by atoms with Crippen LogP contribution in [-0.2, 0) is 4.79 Å². The maximum Gasteiger partial charge on any atom is 0.258 e. The average molecular weight is 327 g/mol. The van der Waals surface area contributed by atoms with Crippen molar-refractivity contribution in [2.24, 2.45) is 0 Å². The van der Waals surface area contributed by atoms with E-state index in [2.05, 4.69) is 44.3 Å². The fourth-order valence-electron chi connectivity index (χ4n) is 2.52. The van der Waals surface area contributed by atoms with E-state index >= 15 is 0 Å². The highest BCUT2D eigenvalue weighted by atomic mass is 16.5. The van der Waals surface area contributed by atoms with Crippen LogP contribution in [0.1, 0.15) is 36.1 Å². The Kier molecular flexibility index (Phi) is 6.24. The molecule has 4 heteroatoms. The minimum Gasteiger partial charge on any atom is -0.493 e. The van der Waals surface area contributed by atoms with Crippen LogP contribution < -0.4 is 14.8 Å². The van der Waals surface area contributed by atoms with Crippen molar-refractivity contribution in [1.29, 1.82) is 0 Å². The summed E-state index contributed by atoms with van der Waals surface area (Å²) in [5.41, 5.74) is 3.59. The van der Waals surface area contributed by atoms with Crippen LogP contribution in [0.3, 0.4) is 0 Å². The van der Waals surface area contributed by atoms with Crippen molar-refractivity contribution in [3.05, 3.63) is 59.2 Å². The number of carbonyl (C=O) groups is 1. The zero-order valence-corrected chi connectivity index (χ0v) is 14.8. The first-order valence-corrected chi connectivity index (χ1v) is 8.17. The van der Waals surface area contributed by atoms with Gasteiger partial charge in [-0.2, -0.15) is 0 Å². The minimum atomic E-state index is -0.147. The molecule has 1 atom stereocenters. The number of para-hydroxylation sites is 2. The van der Waals surface area contributed by atoms with Crippen LogP contribution in [0.2, 0.25) is 0 Å². The Labute approximate surface area is 143 Å². The third kappa shape index (κ3) is 4.51. The molecule has 0 aliphatic heterocycles. The van der Waals surface area contributed by atoms with E-state index in [1.165, 1.54) is 11.1 Å². The van der Waals surface area contributed by atoms with E-state index in [0.717, 1.165) is 12.0 Å². The lowest BCUT2D eigenvalue weighted by atomic mass is 9.99. The maximum absolute atomic E-state index is 12.2. The Morgan fingerprint density at radius 2 is 1.79 bits per heavy atom. The highest BCUT2D eigenvalue weighted by molar-refractivity contribution is 5.78. The molecule has 1 amide bonds. The average Bonchev–Trinajstić information content (AvgIpc) is 2.60. The first-order valence-electron chi connectivity index (χ1n) is 8.17. The highest BCUT2D eigenvalue weighted by Crippen LogP contribution is 2.25. The number of ether oxygens (including phenoxy) is 2. The van der Waals surface area contributed by atoms with Crippen LogP contribution in [0.4, 0.5) is 0 Å². The van der Waals surface area contributed by atoms with Gasteiger partial charge < -0.3 is 14.8 Å². The molecule has 0 fully saturated rings. The number of amides is 1. The lowest BCUT2D eigenvalue weighted by molar-refractivity contribution is -0.123. The fourth-order valence-corrected chi connectivity index (χ4v) is 2.52. The van der Waals surface area contributed by atoms with Gasteiger partial charge in [-0.1, -0.05) is 37.3 Å². The van der Waals surface area contributed by atoms with Gasteiger partial charge in [0.15, 0.2) is 18.1 Å². The molecule has 2 rings (SSSR count). The molecule has 0 saturated heterocycles. The zero-order chi connectivity index (χ0) is 17.5. The van der Waals surface area contributed by atoms with Gasteiger partial charge in [0, 0.05) is 0 Å². The fraction of sp³-hybridized carbons (Fsp3) is 0.350.